The van der Waals surface area contributed by atoms with E-state index in [1.54, 1.807) is 4.68 Å². The van der Waals surface area contributed by atoms with Gasteiger partial charge in [0.05, 0.1) is 23.1 Å². The molecule has 0 saturated heterocycles. The van der Waals surface area contributed by atoms with E-state index in [0.717, 1.165) is 24.1 Å². The third kappa shape index (κ3) is 3.90. The van der Waals surface area contributed by atoms with Gasteiger partial charge >= 0.3 is 11.8 Å². The van der Waals surface area contributed by atoms with Gasteiger partial charge in [0.2, 0.25) is 0 Å². The van der Waals surface area contributed by atoms with Crippen LogP contribution in [0.1, 0.15) is 41.4 Å². The van der Waals surface area contributed by atoms with Gasteiger partial charge in [-0.3, -0.25) is 25.2 Å². The van der Waals surface area contributed by atoms with E-state index in [9.17, 15) is 14.4 Å². The van der Waals surface area contributed by atoms with E-state index in [-0.39, 0.29) is 6.04 Å². The summed E-state index contributed by atoms with van der Waals surface area (Å²) < 4.78 is 1.69. The second kappa shape index (κ2) is 7.38. The van der Waals surface area contributed by atoms with E-state index >= 15 is 0 Å². The van der Waals surface area contributed by atoms with Gasteiger partial charge in [-0.15, -0.1) is 0 Å². The minimum Gasteiger partial charge on any atom is -0.345 e. The predicted molar refractivity (Wildman–Crippen MR) is 94.5 cm³/mol. The molecule has 3 amide bonds. The molecule has 1 aromatic heterocycles. The van der Waals surface area contributed by atoms with Crippen molar-refractivity contribution in [3.05, 3.63) is 47.3 Å². The lowest BCUT2D eigenvalue weighted by Gasteiger charge is -2.09. The Kier molecular flexibility index (Phi) is 5.01. The Balaban J connectivity index is 1.68. The average Bonchev–Trinajstić information content (AvgIpc) is 3.34. The van der Waals surface area contributed by atoms with E-state index in [0.29, 0.717) is 17.7 Å². The number of hydrogen-bond acceptors (Lipinski definition) is 4. The molecule has 1 fully saturated rings. The van der Waals surface area contributed by atoms with Crippen molar-refractivity contribution in [2.45, 2.75) is 39.2 Å². The SMILES string of the molecule is CCc1c(C(=O)NNC(=O)C(=O)NC2CC2)cnn1-c1ccc(C)cc1. The molecule has 1 aliphatic rings. The fourth-order valence-corrected chi connectivity index (χ4v) is 2.53. The number of hydrogen-bond donors (Lipinski definition) is 3. The lowest BCUT2D eigenvalue weighted by atomic mass is 10.2. The molecule has 1 heterocycles. The van der Waals surface area contributed by atoms with Crippen LogP contribution < -0.4 is 16.2 Å². The Labute approximate surface area is 150 Å². The number of nitrogens with zero attached hydrogens (tertiary/aromatic N) is 2. The smallest absolute Gasteiger partial charge is 0.327 e. The normalized spacial score (nSPS) is 13.2. The predicted octanol–water partition coefficient (Wildman–Crippen LogP) is 0.783. The maximum absolute atomic E-state index is 12.4. The molecule has 1 aliphatic carbocycles. The van der Waals surface area contributed by atoms with Gasteiger partial charge in [-0.05, 0) is 38.3 Å². The molecular formula is C18H21N5O3. The molecule has 0 radical (unpaired) electrons. The summed E-state index contributed by atoms with van der Waals surface area (Å²) in [5, 5.41) is 6.83. The topological polar surface area (TPSA) is 105 Å². The van der Waals surface area contributed by atoms with Crippen molar-refractivity contribution >= 4 is 17.7 Å². The summed E-state index contributed by atoms with van der Waals surface area (Å²) in [6.07, 6.45) is 3.78. The lowest BCUT2D eigenvalue weighted by Crippen LogP contribution is -2.49. The molecule has 0 atom stereocenters. The number of nitrogens with one attached hydrogen (secondary N) is 3. The van der Waals surface area contributed by atoms with Crippen molar-refractivity contribution in [2.75, 3.05) is 0 Å². The van der Waals surface area contributed by atoms with E-state index in [1.165, 1.54) is 6.20 Å². The molecule has 3 N–H and O–H groups in total. The maximum Gasteiger partial charge on any atom is 0.327 e. The first-order chi connectivity index (χ1) is 12.5. The third-order valence-electron chi connectivity index (χ3n) is 4.14. The summed E-state index contributed by atoms with van der Waals surface area (Å²) in [7, 11) is 0. The summed E-state index contributed by atoms with van der Waals surface area (Å²) >= 11 is 0. The number of hydrazine groups is 1. The summed E-state index contributed by atoms with van der Waals surface area (Å²) in [4.78, 5) is 35.7. The van der Waals surface area contributed by atoms with Crippen molar-refractivity contribution in [2.24, 2.45) is 0 Å². The number of aromatic nitrogens is 2. The van der Waals surface area contributed by atoms with Crippen LogP contribution >= 0.6 is 0 Å². The highest BCUT2D eigenvalue weighted by molar-refractivity contribution is 6.35. The Hall–Kier alpha value is -3.16. The Bertz CT molecular complexity index is 837. The zero-order chi connectivity index (χ0) is 18.7. The van der Waals surface area contributed by atoms with Gasteiger partial charge in [0, 0.05) is 6.04 Å². The van der Waals surface area contributed by atoms with Gasteiger partial charge < -0.3 is 5.32 Å². The molecule has 0 unspecified atom stereocenters. The first-order valence-corrected chi connectivity index (χ1v) is 8.54. The number of amides is 3. The first kappa shape index (κ1) is 17.7. The zero-order valence-electron chi connectivity index (χ0n) is 14.7. The standard InChI is InChI=1S/C18H21N5O3/c1-3-15-14(10-19-23(15)13-8-4-11(2)5-9-13)16(24)21-22-18(26)17(25)20-12-6-7-12/h4-5,8-10,12H,3,6-7H2,1-2H3,(H,20,25)(H,21,24)(H,22,26). The highest BCUT2D eigenvalue weighted by Gasteiger charge is 2.26. The maximum atomic E-state index is 12.4. The molecule has 8 heteroatoms. The second-order valence-corrected chi connectivity index (χ2v) is 6.26. The van der Waals surface area contributed by atoms with E-state index < -0.39 is 17.7 Å². The summed E-state index contributed by atoms with van der Waals surface area (Å²) in [5.74, 6) is -2.17. The minimum atomic E-state index is -0.894. The minimum absolute atomic E-state index is 0.0726. The van der Waals surface area contributed by atoms with Crippen LogP contribution in [0.25, 0.3) is 5.69 Å². The van der Waals surface area contributed by atoms with Crippen molar-refractivity contribution in [3.8, 4) is 5.69 Å². The van der Waals surface area contributed by atoms with Crippen LogP contribution in [0.4, 0.5) is 0 Å². The third-order valence-corrected chi connectivity index (χ3v) is 4.14. The largest absolute Gasteiger partial charge is 0.345 e. The first-order valence-electron chi connectivity index (χ1n) is 8.54. The molecule has 0 bridgehead atoms. The Morgan fingerprint density at radius 3 is 2.42 bits per heavy atom. The molecule has 3 rings (SSSR count). The summed E-state index contributed by atoms with van der Waals surface area (Å²) in [6, 6.07) is 7.85. The van der Waals surface area contributed by atoms with Crippen LogP contribution in [-0.2, 0) is 16.0 Å². The molecule has 1 saturated carbocycles. The highest BCUT2D eigenvalue weighted by Crippen LogP contribution is 2.18. The van der Waals surface area contributed by atoms with Crippen LogP contribution in [-0.4, -0.2) is 33.5 Å². The lowest BCUT2D eigenvalue weighted by molar-refractivity contribution is -0.139. The quantitative estimate of drug-likeness (QED) is 0.557. The molecular weight excluding hydrogens is 334 g/mol. The van der Waals surface area contributed by atoms with Gasteiger partial charge in [-0.2, -0.15) is 5.10 Å². The van der Waals surface area contributed by atoms with Gasteiger partial charge in [0.1, 0.15) is 0 Å². The monoisotopic (exact) mass is 355 g/mol. The van der Waals surface area contributed by atoms with Gasteiger partial charge in [0.15, 0.2) is 0 Å². The molecule has 2 aromatic rings. The fourth-order valence-electron chi connectivity index (χ4n) is 2.53. The molecule has 136 valence electrons. The zero-order valence-corrected chi connectivity index (χ0v) is 14.7. The van der Waals surface area contributed by atoms with Crippen LogP contribution in [0.5, 0.6) is 0 Å². The van der Waals surface area contributed by atoms with Crippen LogP contribution in [0.15, 0.2) is 30.5 Å². The van der Waals surface area contributed by atoms with Crippen molar-refractivity contribution in [1.82, 2.24) is 25.9 Å². The van der Waals surface area contributed by atoms with Crippen LogP contribution in [0.2, 0.25) is 0 Å². The van der Waals surface area contributed by atoms with Gasteiger partial charge in [-0.1, -0.05) is 24.6 Å². The summed E-state index contributed by atoms with van der Waals surface area (Å²) in [6.45, 7) is 3.91. The fraction of sp³-hybridized carbons (Fsp3) is 0.333. The molecule has 0 aliphatic heterocycles. The summed E-state index contributed by atoms with van der Waals surface area (Å²) in [5.41, 5.74) is 7.43. The number of rotatable bonds is 4. The van der Waals surface area contributed by atoms with Crippen molar-refractivity contribution < 1.29 is 14.4 Å². The van der Waals surface area contributed by atoms with Crippen molar-refractivity contribution in [1.29, 1.82) is 0 Å². The number of carbonyl (C=O) groups excluding carboxylic acids is 3. The van der Waals surface area contributed by atoms with E-state index in [4.69, 9.17) is 0 Å². The second-order valence-electron chi connectivity index (χ2n) is 6.26. The van der Waals surface area contributed by atoms with Gasteiger partial charge in [-0.25, -0.2) is 4.68 Å². The number of carbonyl (C=O) groups is 3. The van der Waals surface area contributed by atoms with Gasteiger partial charge in [0.25, 0.3) is 5.91 Å². The Morgan fingerprint density at radius 2 is 1.81 bits per heavy atom. The number of aryl methyl sites for hydroxylation is 1. The molecule has 1 aromatic carbocycles. The Morgan fingerprint density at radius 1 is 1.12 bits per heavy atom. The number of benzene rings is 1. The highest BCUT2D eigenvalue weighted by atomic mass is 16.2. The molecule has 0 spiro atoms. The average molecular weight is 355 g/mol. The van der Waals surface area contributed by atoms with E-state index in [2.05, 4.69) is 21.3 Å². The molecule has 26 heavy (non-hydrogen) atoms. The van der Waals surface area contributed by atoms with Crippen molar-refractivity contribution in [3.63, 3.8) is 0 Å². The van der Waals surface area contributed by atoms with E-state index in [1.807, 2.05) is 38.1 Å². The molecule has 8 nitrogen and oxygen atoms in total. The van der Waals surface area contributed by atoms with Crippen LogP contribution in [0.3, 0.4) is 0 Å². The van der Waals surface area contributed by atoms with Crippen LogP contribution in [0, 0.1) is 6.92 Å².